The van der Waals surface area contributed by atoms with Crippen molar-refractivity contribution in [2.24, 2.45) is 0 Å². The van der Waals surface area contributed by atoms with Crippen LogP contribution in [0.3, 0.4) is 0 Å². The van der Waals surface area contributed by atoms with Crippen LogP contribution in [-0.2, 0) is 19.1 Å². The lowest BCUT2D eigenvalue weighted by Gasteiger charge is -1.87. The summed E-state index contributed by atoms with van der Waals surface area (Å²) in [7, 11) is 3.17. The number of methoxy groups -OCH3 is 2. The zero-order valence-electron chi connectivity index (χ0n) is 6.20. The standard InChI is InChI=1S/C3H8O2.C3H4O2/c1-4-3-5-2;4-2-1-3-5/h3H2,1-2H3;2-3H,1H2. The van der Waals surface area contributed by atoms with Crippen molar-refractivity contribution in [3.05, 3.63) is 0 Å². The Kier molecular flexibility index (Phi) is 18.9. The fourth-order valence-electron chi connectivity index (χ4n) is 0.157. The molecule has 0 heterocycles. The fraction of sp³-hybridized carbons (Fsp3) is 0.667. The molecule has 0 aliphatic heterocycles. The number of hydrogen-bond donors (Lipinski definition) is 0. The summed E-state index contributed by atoms with van der Waals surface area (Å²) in [6, 6.07) is 0. The summed E-state index contributed by atoms with van der Waals surface area (Å²) >= 11 is 0. The summed E-state index contributed by atoms with van der Waals surface area (Å²) in [6.45, 7) is 0.389. The van der Waals surface area contributed by atoms with Crippen molar-refractivity contribution in [1.29, 1.82) is 0 Å². The lowest BCUT2D eigenvalue weighted by atomic mass is 10.6. The minimum Gasteiger partial charge on any atom is -0.359 e. The molecular formula is C6H12O4. The molecule has 4 nitrogen and oxygen atoms in total. The molecule has 0 rings (SSSR count). The number of rotatable bonds is 4. The van der Waals surface area contributed by atoms with Crippen molar-refractivity contribution < 1.29 is 19.1 Å². The van der Waals surface area contributed by atoms with Crippen LogP contribution in [0.5, 0.6) is 0 Å². The van der Waals surface area contributed by atoms with Gasteiger partial charge in [-0.3, -0.25) is 0 Å². The first kappa shape index (κ1) is 12.0. The lowest BCUT2D eigenvalue weighted by Crippen LogP contribution is -1.87. The van der Waals surface area contributed by atoms with E-state index in [1.54, 1.807) is 14.2 Å². The van der Waals surface area contributed by atoms with Gasteiger partial charge in [0.15, 0.2) is 0 Å². The number of aldehydes is 2. The predicted molar refractivity (Wildman–Crippen MR) is 35.6 cm³/mol. The first-order chi connectivity index (χ1) is 4.83. The minimum atomic E-state index is 0.0278. The highest BCUT2D eigenvalue weighted by atomic mass is 16.6. The van der Waals surface area contributed by atoms with E-state index in [-0.39, 0.29) is 6.42 Å². The summed E-state index contributed by atoms with van der Waals surface area (Å²) in [4.78, 5) is 18.3. The molecule has 0 unspecified atom stereocenters. The van der Waals surface area contributed by atoms with Crippen LogP contribution in [0.2, 0.25) is 0 Å². The normalized spacial score (nSPS) is 7.40. The third-order valence-electron chi connectivity index (χ3n) is 0.428. The Hall–Kier alpha value is -0.740. The van der Waals surface area contributed by atoms with Crippen LogP contribution in [0.4, 0.5) is 0 Å². The second-order valence-corrected chi connectivity index (χ2v) is 1.26. The van der Waals surface area contributed by atoms with E-state index in [1.165, 1.54) is 0 Å². The van der Waals surface area contributed by atoms with Crippen molar-refractivity contribution in [2.45, 2.75) is 6.42 Å². The summed E-state index contributed by atoms with van der Waals surface area (Å²) < 4.78 is 8.94. The highest BCUT2D eigenvalue weighted by Crippen LogP contribution is 1.60. The first-order valence-electron chi connectivity index (χ1n) is 2.68. The Morgan fingerprint density at radius 2 is 1.50 bits per heavy atom. The lowest BCUT2D eigenvalue weighted by molar-refractivity contribution is -0.114. The smallest absolute Gasteiger partial charge is 0.145 e. The second-order valence-electron chi connectivity index (χ2n) is 1.26. The van der Waals surface area contributed by atoms with Crippen LogP contribution in [0.15, 0.2) is 0 Å². The fourth-order valence-corrected chi connectivity index (χ4v) is 0.157. The molecule has 0 aromatic heterocycles. The molecule has 0 saturated carbocycles. The molecule has 0 atom stereocenters. The van der Waals surface area contributed by atoms with Gasteiger partial charge in [-0.2, -0.15) is 0 Å². The van der Waals surface area contributed by atoms with Gasteiger partial charge in [-0.25, -0.2) is 0 Å². The van der Waals surface area contributed by atoms with Crippen molar-refractivity contribution >= 4 is 12.6 Å². The molecule has 0 aromatic carbocycles. The average molecular weight is 148 g/mol. The van der Waals surface area contributed by atoms with Crippen LogP contribution < -0.4 is 0 Å². The third-order valence-corrected chi connectivity index (χ3v) is 0.428. The Morgan fingerprint density at radius 1 is 1.10 bits per heavy atom. The monoisotopic (exact) mass is 148 g/mol. The molecule has 60 valence electrons. The molecule has 4 heteroatoms. The Balaban J connectivity index is 0. The van der Waals surface area contributed by atoms with Gasteiger partial charge in [0.05, 0.1) is 6.42 Å². The van der Waals surface area contributed by atoms with E-state index < -0.39 is 0 Å². The minimum absolute atomic E-state index is 0.0278. The number of carbonyl (C=O) groups is 2. The summed E-state index contributed by atoms with van der Waals surface area (Å²) in [5.41, 5.74) is 0. The summed E-state index contributed by atoms with van der Waals surface area (Å²) in [5.74, 6) is 0. The Labute approximate surface area is 60.1 Å². The molecule has 0 bridgehead atoms. The quantitative estimate of drug-likeness (QED) is 0.320. The van der Waals surface area contributed by atoms with E-state index in [0.717, 1.165) is 0 Å². The van der Waals surface area contributed by atoms with Gasteiger partial charge in [0.25, 0.3) is 0 Å². The van der Waals surface area contributed by atoms with Crippen molar-refractivity contribution in [3.8, 4) is 0 Å². The van der Waals surface area contributed by atoms with Gasteiger partial charge >= 0.3 is 0 Å². The van der Waals surface area contributed by atoms with E-state index in [2.05, 4.69) is 9.47 Å². The van der Waals surface area contributed by atoms with E-state index in [1.807, 2.05) is 0 Å². The van der Waals surface area contributed by atoms with Gasteiger partial charge in [-0.15, -0.1) is 0 Å². The van der Waals surface area contributed by atoms with Gasteiger partial charge in [0, 0.05) is 14.2 Å². The molecule has 0 aromatic rings. The Bertz CT molecular complexity index is 64.1. The maximum absolute atomic E-state index is 9.17. The topological polar surface area (TPSA) is 52.6 Å². The van der Waals surface area contributed by atoms with Gasteiger partial charge < -0.3 is 19.1 Å². The SMILES string of the molecule is COCOC.O=CCC=O. The molecule has 0 aliphatic rings. The number of ether oxygens (including phenoxy) is 2. The molecule has 0 saturated heterocycles. The van der Waals surface area contributed by atoms with Gasteiger partial charge in [-0.1, -0.05) is 0 Å². The van der Waals surface area contributed by atoms with Crippen molar-refractivity contribution in [2.75, 3.05) is 21.0 Å². The molecule has 0 radical (unpaired) electrons. The van der Waals surface area contributed by atoms with Crippen LogP contribution in [-0.4, -0.2) is 33.6 Å². The summed E-state index contributed by atoms with van der Waals surface area (Å²) in [6.07, 6.45) is 1.15. The van der Waals surface area contributed by atoms with Crippen LogP contribution >= 0.6 is 0 Å². The highest BCUT2D eigenvalue weighted by molar-refractivity contribution is 5.72. The molecule has 0 spiro atoms. The number of hydrogen-bond acceptors (Lipinski definition) is 4. The van der Waals surface area contributed by atoms with E-state index in [4.69, 9.17) is 0 Å². The molecule has 0 aliphatic carbocycles. The van der Waals surface area contributed by atoms with E-state index >= 15 is 0 Å². The predicted octanol–water partition coefficient (Wildman–Crippen LogP) is 0.0110. The van der Waals surface area contributed by atoms with Gasteiger partial charge in [0.1, 0.15) is 19.4 Å². The molecular weight excluding hydrogens is 136 g/mol. The van der Waals surface area contributed by atoms with Crippen LogP contribution in [0.25, 0.3) is 0 Å². The maximum atomic E-state index is 9.17. The zero-order chi connectivity index (χ0) is 8.24. The largest absolute Gasteiger partial charge is 0.359 e. The van der Waals surface area contributed by atoms with Crippen molar-refractivity contribution in [3.63, 3.8) is 0 Å². The number of carbonyl (C=O) groups excluding carboxylic acids is 2. The first-order valence-corrected chi connectivity index (χ1v) is 2.68. The average Bonchev–Trinajstić information content (AvgIpc) is 1.93. The van der Waals surface area contributed by atoms with E-state index in [9.17, 15) is 9.59 Å². The highest BCUT2D eigenvalue weighted by Gasteiger charge is 1.65. The Morgan fingerprint density at radius 3 is 1.50 bits per heavy atom. The zero-order valence-corrected chi connectivity index (χ0v) is 6.20. The molecule has 10 heavy (non-hydrogen) atoms. The van der Waals surface area contributed by atoms with Crippen LogP contribution in [0, 0.1) is 0 Å². The third kappa shape index (κ3) is 26.8. The van der Waals surface area contributed by atoms with Gasteiger partial charge in [0.2, 0.25) is 0 Å². The molecule has 0 amide bonds. The molecule has 0 fully saturated rings. The van der Waals surface area contributed by atoms with E-state index in [0.29, 0.717) is 19.4 Å². The maximum Gasteiger partial charge on any atom is 0.145 e. The van der Waals surface area contributed by atoms with Crippen molar-refractivity contribution in [1.82, 2.24) is 0 Å². The summed E-state index contributed by atoms with van der Waals surface area (Å²) in [5, 5.41) is 0. The van der Waals surface area contributed by atoms with Crippen LogP contribution in [0.1, 0.15) is 6.42 Å². The second kappa shape index (κ2) is 15.7. The molecule has 0 N–H and O–H groups in total. The van der Waals surface area contributed by atoms with Gasteiger partial charge in [-0.05, 0) is 0 Å².